The van der Waals surface area contributed by atoms with E-state index in [1.54, 1.807) is 0 Å². The van der Waals surface area contributed by atoms with Gasteiger partial charge < -0.3 is 5.32 Å². The molecule has 1 saturated carbocycles. The van der Waals surface area contributed by atoms with Crippen LogP contribution in [0.2, 0.25) is 0 Å². The lowest BCUT2D eigenvalue weighted by Gasteiger charge is -2.42. The van der Waals surface area contributed by atoms with E-state index in [1.165, 1.54) is 58.2 Å². The van der Waals surface area contributed by atoms with E-state index in [2.05, 4.69) is 42.1 Å². The normalized spacial score (nSPS) is 39.5. The first kappa shape index (κ1) is 14.7. The van der Waals surface area contributed by atoms with Crippen LogP contribution in [-0.2, 0) is 0 Å². The molecule has 1 aliphatic carbocycles. The molecule has 1 heterocycles. The predicted octanol–water partition coefficient (Wildman–Crippen LogP) is 3.12. The fourth-order valence-corrected chi connectivity index (χ4v) is 4.57. The van der Waals surface area contributed by atoms with Gasteiger partial charge in [-0.05, 0) is 52.0 Å². The smallest absolute Gasteiger partial charge is 0.0277 e. The van der Waals surface area contributed by atoms with Crippen molar-refractivity contribution in [2.45, 2.75) is 69.2 Å². The van der Waals surface area contributed by atoms with E-state index in [1.807, 2.05) is 0 Å². The van der Waals surface area contributed by atoms with Gasteiger partial charge in [0, 0.05) is 23.4 Å². The van der Waals surface area contributed by atoms with Crippen molar-refractivity contribution in [1.29, 1.82) is 0 Å². The van der Waals surface area contributed by atoms with Crippen LogP contribution in [0.25, 0.3) is 0 Å². The zero-order valence-corrected chi connectivity index (χ0v) is 13.2. The van der Waals surface area contributed by atoms with Crippen molar-refractivity contribution in [3.05, 3.63) is 0 Å². The number of nitrogens with zero attached hydrogens (tertiary/aromatic N) is 1. The van der Waals surface area contributed by atoms with Gasteiger partial charge in [0.1, 0.15) is 0 Å². The van der Waals surface area contributed by atoms with Gasteiger partial charge in [-0.3, -0.25) is 4.90 Å². The zero-order valence-electron chi connectivity index (χ0n) is 12.4. The second-order valence-electron chi connectivity index (χ2n) is 6.29. The Morgan fingerprint density at radius 2 is 2.06 bits per heavy atom. The zero-order chi connectivity index (χ0) is 13.0. The van der Waals surface area contributed by atoms with Crippen molar-refractivity contribution >= 4 is 11.8 Å². The van der Waals surface area contributed by atoms with Crippen LogP contribution >= 0.6 is 11.8 Å². The van der Waals surface area contributed by atoms with Gasteiger partial charge in [0.15, 0.2) is 0 Å². The second-order valence-corrected chi connectivity index (χ2v) is 7.37. The average Bonchev–Trinajstić information content (AvgIpc) is 2.61. The first-order chi connectivity index (χ1) is 8.68. The van der Waals surface area contributed by atoms with E-state index >= 15 is 0 Å². The summed E-state index contributed by atoms with van der Waals surface area (Å²) >= 11 is 2.10. The second kappa shape index (κ2) is 6.62. The monoisotopic (exact) mass is 270 g/mol. The molecule has 106 valence electrons. The standard InChI is InChI=1S/C15H30N2S/c1-4-15(2)12-17(11-7-10-16-15)13-8-5-6-9-14(13)18-3/h13-14,16H,4-12H2,1-3H3. The summed E-state index contributed by atoms with van der Waals surface area (Å²) in [6, 6.07) is 0.833. The van der Waals surface area contributed by atoms with Gasteiger partial charge in [0.05, 0.1) is 0 Å². The Kier molecular flexibility index (Phi) is 5.40. The molecule has 18 heavy (non-hydrogen) atoms. The lowest BCUT2D eigenvalue weighted by atomic mass is 9.91. The molecule has 1 saturated heterocycles. The minimum Gasteiger partial charge on any atom is -0.310 e. The minimum atomic E-state index is 0.330. The Hall–Kier alpha value is 0.270. The summed E-state index contributed by atoms with van der Waals surface area (Å²) in [6.07, 6.45) is 10.6. The molecule has 2 fully saturated rings. The van der Waals surface area contributed by atoms with Crippen molar-refractivity contribution in [3.63, 3.8) is 0 Å². The van der Waals surface area contributed by atoms with E-state index < -0.39 is 0 Å². The molecule has 1 N–H and O–H groups in total. The maximum absolute atomic E-state index is 3.76. The van der Waals surface area contributed by atoms with E-state index in [0.29, 0.717) is 5.54 Å². The van der Waals surface area contributed by atoms with E-state index in [0.717, 1.165) is 11.3 Å². The summed E-state index contributed by atoms with van der Waals surface area (Å²) in [4.78, 5) is 2.81. The third-order valence-electron chi connectivity index (χ3n) is 4.95. The lowest BCUT2D eigenvalue weighted by Crippen LogP contribution is -2.53. The van der Waals surface area contributed by atoms with Crippen molar-refractivity contribution in [1.82, 2.24) is 10.2 Å². The maximum atomic E-state index is 3.76. The Bertz CT molecular complexity index is 259. The van der Waals surface area contributed by atoms with E-state index in [-0.39, 0.29) is 0 Å². The van der Waals surface area contributed by atoms with Crippen LogP contribution in [0.5, 0.6) is 0 Å². The van der Waals surface area contributed by atoms with Gasteiger partial charge in [0.25, 0.3) is 0 Å². The molecule has 3 heteroatoms. The molecule has 2 aliphatic rings. The SMILES string of the molecule is CCC1(C)CN(C2CCCCC2SC)CCCN1. The average molecular weight is 270 g/mol. The first-order valence-electron chi connectivity index (χ1n) is 7.70. The minimum absolute atomic E-state index is 0.330. The quantitative estimate of drug-likeness (QED) is 0.848. The highest BCUT2D eigenvalue weighted by Crippen LogP contribution is 2.32. The first-order valence-corrected chi connectivity index (χ1v) is 8.99. The van der Waals surface area contributed by atoms with E-state index in [4.69, 9.17) is 0 Å². The molecule has 0 radical (unpaired) electrons. The number of thioether (sulfide) groups is 1. The fraction of sp³-hybridized carbons (Fsp3) is 1.00. The van der Waals surface area contributed by atoms with Crippen LogP contribution in [0.1, 0.15) is 52.4 Å². The molecule has 3 atom stereocenters. The van der Waals surface area contributed by atoms with Crippen LogP contribution < -0.4 is 5.32 Å². The Balaban J connectivity index is 2.04. The van der Waals surface area contributed by atoms with Crippen LogP contribution in [0.15, 0.2) is 0 Å². The molecule has 1 aliphatic heterocycles. The highest BCUT2D eigenvalue weighted by Gasteiger charge is 2.34. The molecule has 0 amide bonds. The molecular formula is C15H30N2S. The van der Waals surface area contributed by atoms with Crippen molar-refractivity contribution in [3.8, 4) is 0 Å². The molecule has 0 spiro atoms. The number of hydrogen-bond acceptors (Lipinski definition) is 3. The fourth-order valence-electron chi connectivity index (χ4n) is 3.55. The molecule has 0 aromatic rings. The van der Waals surface area contributed by atoms with Gasteiger partial charge >= 0.3 is 0 Å². The molecule has 0 aromatic carbocycles. The molecule has 0 bridgehead atoms. The summed E-state index contributed by atoms with van der Waals surface area (Å²) in [7, 11) is 0. The van der Waals surface area contributed by atoms with Crippen LogP contribution in [0, 0.1) is 0 Å². The van der Waals surface area contributed by atoms with Crippen LogP contribution in [0.4, 0.5) is 0 Å². The summed E-state index contributed by atoms with van der Waals surface area (Å²) < 4.78 is 0. The molecule has 0 aromatic heterocycles. The van der Waals surface area contributed by atoms with Gasteiger partial charge in [0.2, 0.25) is 0 Å². The van der Waals surface area contributed by atoms with Crippen molar-refractivity contribution in [2.75, 3.05) is 25.9 Å². The summed E-state index contributed by atoms with van der Waals surface area (Å²) in [5, 5.41) is 4.63. The largest absolute Gasteiger partial charge is 0.310 e. The van der Waals surface area contributed by atoms with Crippen molar-refractivity contribution < 1.29 is 0 Å². The van der Waals surface area contributed by atoms with Crippen LogP contribution in [-0.4, -0.2) is 47.6 Å². The Labute approximate surface area is 117 Å². The highest BCUT2D eigenvalue weighted by molar-refractivity contribution is 7.99. The third-order valence-corrected chi connectivity index (χ3v) is 6.10. The molecular weight excluding hydrogens is 240 g/mol. The van der Waals surface area contributed by atoms with Gasteiger partial charge in [-0.25, -0.2) is 0 Å². The molecule has 2 nitrogen and oxygen atoms in total. The number of nitrogens with one attached hydrogen (secondary N) is 1. The molecule has 3 unspecified atom stereocenters. The topological polar surface area (TPSA) is 15.3 Å². The van der Waals surface area contributed by atoms with Crippen molar-refractivity contribution in [2.24, 2.45) is 0 Å². The lowest BCUT2D eigenvalue weighted by molar-refractivity contribution is 0.134. The highest BCUT2D eigenvalue weighted by atomic mass is 32.2. The summed E-state index contributed by atoms with van der Waals surface area (Å²) in [5.74, 6) is 0. The summed E-state index contributed by atoms with van der Waals surface area (Å²) in [6.45, 7) is 8.46. The number of rotatable bonds is 3. The summed E-state index contributed by atoms with van der Waals surface area (Å²) in [5.41, 5.74) is 0.330. The van der Waals surface area contributed by atoms with E-state index in [9.17, 15) is 0 Å². The Morgan fingerprint density at radius 1 is 1.28 bits per heavy atom. The third kappa shape index (κ3) is 3.43. The van der Waals surface area contributed by atoms with Gasteiger partial charge in [-0.1, -0.05) is 19.8 Å². The Morgan fingerprint density at radius 3 is 2.78 bits per heavy atom. The molecule has 2 rings (SSSR count). The number of hydrogen-bond donors (Lipinski definition) is 1. The predicted molar refractivity (Wildman–Crippen MR) is 82.4 cm³/mol. The maximum Gasteiger partial charge on any atom is 0.0277 e. The van der Waals surface area contributed by atoms with Gasteiger partial charge in [-0.15, -0.1) is 0 Å². The van der Waals surface area contributed by atoms with Gasteiger partial charge in [-0.2, -0.15) is 11.8 Å². The van der Waals surface area contributed by atoms with Crippen LogP contribution in [0.3, 0.4) is 0 Å².